The second-order valence-corrected chi connectivity index (χ2v) is 8.41. The molecule has 188 valence electrons. The monoisotopic (exact) mass is 515 g/mol. The van der Waals surface area contributed by atoms with Gasteiger partial charge in [-0.05, 0) is 42.5 Å². The number of hydrogen-bond donors (Lipinski definition) is 2. The number of aromatic nitrogens is 2. The molecule has 0 bridgehead atoms. The standard InChI is InChI=1S/C24H23ClFN5O5/c1-35-17-12-21(30(13-17)24(34)28-15-5-3-14(25)4-6-15)22(32)29-19-8-7-16(11-18(19)26)31-20(9-10-27-31)23(33)36-2/h3-11,17,21H,12-13H2,1-2H3,(H,28,34)(H,29,32)/t17-,21-/m1/s1. The number of carbonyl (C=O) groups excluding carboxylic acids is 3. The Kier molecular flexibility index (Phi) is 7.51. The largest absolute Gasteiger partial charge is 0.464 e. The van der Waals surface area contributed by atoms with Gasteiger partial charge in [-0.1, -0.05) is 11.6 Å². The van der Waals surface area contributed by atoms with Crippen LogP contribution in [0.2, 0.25) is 5.02 Å². The number of hydrogen-bond acceptors (Lipinski definition) is 6. The first-order valence-electron chi connectivity index (χ1n) is 10.9. The summed E-state index contributed by atoms with van der Waals surface area (Å²) in [5.41, 5.74) is 0.804. The molecule has 12 heteroatoms. The van der Waals surface area contributed by atoms with E-state index in [1.165, 1.54) is 48.2 Å². The molecule has 1 aliphatic rings. The molecule has 3 amide bonds. The van der Waals surface area contributed by atoms with Crippen LogP contribution in [0.25, 0.3) is 5.69 Å². The second kappa shape index (κ2) is 10.8. The average Bonchev–Trinajstić information content (AvgIpc) is 3.54. The molecule has 1 fully saturated rings. The lowest BCUT2D eigenvalue weighted by molar-refractivity contribution is -0.119. The molecular formula is C24H23ClFN5O5. The van der Waals surface area contributed by atoms with Crippen LogP contribution in [0.1, 0.15) is 16.9 Å². The Labute approximate surface area is 210 Å². The summed E-state index contributed by atoms with van der Waals surface area (Å²) in [5.74, 6) is -1.94. The van der Waals surface area contributed by atoms with Gasteiger partial charge in [0.05, 0.1) is 30.8 Å². The van der Waals surface area contributed by atoms with Crippen LogP contribution in [-0.2, 0) is 14.3 Å². The van der Waals surface area contributed by atoms with E-state index in [-0.39, 0.29) is 36.1 Å². The summed E-state index contributed by atoms with van der Waals surface area (Å²) in [6.07, 6.45) is 1.27. The number of urea groups is 1. The quantitative estimate of drug-likeness (QED) is 0.484. The van der Waals surface area contributed by atoms with Gasteiger partial charge in [0.2, 0.25) is 5.91 Å². The first kappa shape index (κ1) is 25.1. The molecule has 36 heavy (non-hydrogen) atoms. The van der Waals surface area contributed by atoms with Crippen molar-refractivity contribution in [1.82, 2.24) is 14.7 Å². The zero-order valence-electron chi connectivity index (χ0n) is 19.4. The number of benzene rings is 2. The first-order chi connectivity index (χ1) is 17.3. The van der Waals surface area contributed by atoms with E-state index in [1.54, 1.807) is 24.3 Å². The van der Waals surface area contributed by atoms with Crippen LogP contribution in [-0.4, -0.2) is 65.5 Å². The van der Waals surface area contributed by atoms with Crippen molar-refractivity contribution in [3.05, 3.63) is 71.3 Å². The lowest BCUT2D eigenvalue weighted by atomic mass is 10.1. The average molecular weight is 516 g/mol. The molecule has 2 aromatic carbocycles. The Bertz CT molecular complexity index is 1280. The SMILES string of the molecule is COC(=O)c1ccnn1-c1ccc(NC(=O)[C@H]2C[C@@H](OC)CN2C(=O)Nc2ccc(Cl)cc2)c(F)c1. The van der Waals surface area contributed by atoms with Gasteiger partial charge in [-0.3, -0.25) is 4.79 Å². The fourth-order valence-corrected chi connectivity index (χ4v) is 4.02. The highest BCUT2D eigenvalue weighted by atomic mass is 35.5. The van der Waals surface area contributed by atoms with Crippen molar-refractivity contribution in [2.45, 2.75) is 18.6 Å². The number of nitrogens with zero attached hydrogens (tertiary/aromatic N) is 3. The summed E-state index contributed by atoms with van der Waals surface area (Å²) in [5, 5.41) is 9.82. The van der Waals surface area contributed by atoms with Gasteiger partial charge < -0.3 is 25.0 Å². The molecule has 3 aromatic rings. The lowest BCUT2D eigenvalue weighted by Gasteiger charge is -2.24. The highest BCUT2D eigenvalue weighted by molar-refractivity contribution is 6.30. The van der Waals surface area contributed by atoms with Gasteiger partial charge in [0.1, 0.15) is 11.9 Å². The molecule has 2 heterocycles. The van der Waals surface area contributed by atoms with Crippen LogP contribution in [0.5, 0.6) is 0 Å². The minimum absolute atomic E-state index is 0.0885. The van der Waals surface area contributed by atoms with E-state index in [2.05, 4.69) is 15.7 Å². The maximum Gasteiger partial charge on any atom is 0.356 e. The maximum absolute atomic E-state index is 14.9. The Hall–Kier alpha value is -3.96. The third kappa shape index (κ3) is 5.31. The van der Waals surface area contributed by atoms with E-state index in [0.717, 1.165) is 6.07 Å². The molecule has 0 spiro atoms. The summed E-state index contributed by atoms with van der Waals surface area (Å²) < 4.78 is 26.2. The predicted molar refractivity (Wildman–Crippen MR) is 130 cm³/mol. The zero-order valence-corrected chi connectivity index (χ0v) is 20.2. The summed E-state index contributed by atoms with van der Waals surface area (Å²) in [6.45, 7) is 0.186. The number of carbonyl (C=O) groups is 3. The number of methoxy groups -OCH3 is 2. The Balaban J connectivity index is 1.49. The van der Waals surface area contributed by atoms with Gasteiger partial charge in [0, 0.05) is 36.9 Å². The van der Waals surface area contributed by atoms with Crippen molar-refractivity contribution in [3.8, 4) is 5.69 Å². The molecule has 10 nitrogen and oxygen atoms in total. The van der Waals surface area contributed by atoms with E-state index in [9.17, 15) is 18.8 Å². The van der Waals surface area contributed by atoms with E-state index >= 15 is 0 Å². The second-order valence-electron chi connectivity index (χ2n) is 7.97. The number of amides is 3. The van der Waals surface area contributed by atoms with Crippen LogP contribution in [0.3, 0.4) is 0 Å². The van der Waals surface area contributed by atoms with E-state index < -0.39 is 29.8 Å². The number of likely N-dealkylation sites (tertiary alicyclic amines) is 1. The molecule has 2 atom stereocenters. The van der Waals surface area contributed by atoms with Crippen molar-refractivity contribution in [1.29, 1.82) is 0 Å². The Morgan fingerprint density at radius 1 is 1.08 bits per heavy atom. The van der Waals surface area contributed by atoms with Gasteiger partial charge in [0.25, 0.3) is 0 Å². The summed E-state index contributed by atoms with van der Waals surface area (Å²) in [7, 11) is 2.73. The highest BCUT2D eigenvalue weighted by Gasteiger charge is 2.40. The fourth-order valence-electron chi connectivity index (χ4n) is 3.89. The van der Waals surface area contributed by atoms with Crippen molar-refractivity contribution in [3.63, 3.8) is 0 Å². The molecule has 0 aliphatic carbocycles. The van der Waals surface area contributed by atoms with Crippen molar-refractivity contribution >= 4 is 40.9 Å². The van der Waals surface area contributed by atoms with E-state index in [4.69, 9.17) is 21.1 Å². The van der Waals surface area contributed by atoms with Gasteiger partial charge in [0.15, 0.2) is 5.69 Å². The topological polar surface area (TPSA) is 115 Å². The number of esters is 1. The molecule has 2 N–H and O–H groups in total. The minimum Gasteiger partial charge on any atom is -0.464 e. The smallest absolute Gasteiger partial charge is 0.356 e. The molecule has 1 saturated heterocycles. The highest BCUT2D eigenvalue weighted by Crippen LogP contribution is 2.25. The fraction of sp³-hybridized carbons (Fsp3) is 0.250. The van der Waals surface area contributed by atoms with Crippen LogP contribution in [0.15, 0.2) is 54.7 Å². The number of ether oxygens (including phenoxy) is 2. The van der Waals surface area contributed by atoms with Crippen LogP contribution >= 0.6 is 11.6 Å². The number of nitrogens with one attached hydrogen (secondary N) is 2. The third-order valence-electron chi connectivity index (χ3n) is 5.75. The van der Waals surface area contributed by atoms with Gasteiger partial charge in [-0.2, -0.15) is 5.10 Å². The van der Waals surface area contributed by atoms with E-state index in [0.29, 0.717) is 10.7 Å². The van der Waals surface area contributed by atoms with Gasteiger partial charge in [-0.15, -0.1) is 0 Å². The first-order valence-corrected chi connectivity index (χ1v) is 11.3. The predicted octanol–water partition coefficient (Wildman–Crippen LogP) is 3.71. The number of anilines is 2. The van der Waals surface area contributed by atoms with Crippen LogP contribution < -0.4 is 10.6 Å². The van der Waals surface area contributed by atoms with E-state index in [1.807, 2.05) is 0 Å². The molecule has 4 rings (SSSR count). The van der Waals surface area contributed by atoms with Crippen LogP contribution in [0.4, 0.5) is 20.6 Å². The summed E-state index contributed by atoms with van der Waals surface area (Å²) >= 11 is 5.89. The summed E-state index contributed by atoms with van der Waals surface area (Å²) in [6, 6.07) is 10.6. The molecular weight excluding hydrogens is 493 g/mol. The number of halogens is 2. The van der Waals surface area contributed by atoms with Crippen molar-refractivity contribution < 1.29 is 28.2 Å². The van der Waals surface area contributed by atoms with Crippen LogP contribution in [0, 0.1) is 5.82 Å². The number of rotatable bonds is 6. The minimum atomic E-state index is -0.890. The molecule has 1 aliphatic heterocycles. The van der Waals surface area contributed by atoms with Crippen molar-refractivity contribution in [2.75, 3.05) is 31.4 Å². The van der Waals surface area contributed by atoms with Gasteiger partial charge >= 0.3 is 12.0 Å². The zero-order chi connectivity index (χ0) is 25.8. The van der Waals surface area contributed by atoms with Crippen molar-refractivity contribution in [2.24, 2.45) is 0 Å². The molecule has 0 unspecified atom stereocenters. The third-order valence-corrected chi connectivity index (χ3v) is 6.00. The maximum atomic E-state index is 14.9. The molecule has 0 saturated carbocycles. The Morgan fingerprint density at radius 2 is 1.83 bits per heavy atom. The Morgan fingerprint density at radius 3 is 2.50 bits per heavy atom. The molecule has 0 radical (unpaired) electrons. The molecule has 1 aromatic heterocycles. The normalized spacial score (nSPS) is 17.1. The lowest BCUT2D eigenvalue weighted by Crippen LogP contribution is -2.45. The van der Waals surface area contributed by atoms with Gasteiger partial charge in [-0.25, -0.2) is 18.7 Å². The summed E-state index contributed by atoms with van der Waals surface area (Å²) in [4.78, 5) is 39.2.